The van der Waals surface area contributed by atoms with Gasteiger partial charge in [0, 0.05) is 35.2 Å². The summed E-state index contributed by atoms with van der Waals surface area (Å²) in [5.74, 6) is 2.10. The molecule has 3 heterocycles. The van der Waals surface area contributed by atoms with Gasteiger partial charge in [0.15, 0.2) is 33.6 Å². The van der Waals surface area contributed by atoms with Crippen LogP contribution in [0.5, 0.6) is 11.5 Å². The summed E-state index contributed by atoms with van der Waals surface area (Å²) in [5.41, 5.74) is 3.35. The second-order valence-electron chi connectivity index (χ2n) is 8.61. The van der Waals surface area contributed by atoms with Gasteiger partial charge in [-0.05, 0) is 58.6 Å². The zero-order chi connectivity index (χ0) is 26.5. The molecular weight excluding hydrogens is 570 g/mol. The Balaban J connectivity index is 1.35. The van der Waals surface area contributed by atoms with Crippen molar-refractivity contribution < 1.29 is 14.3 Å². The van der Waals surface area contributed by atoms with Gasteiger partial charge >= 0.3 is 6.03 Å². The van der Waals surface area contributed by atoms with Gasteiger partial charge in [0.25, 0.3) is 0 Å². The molecule has 2 aromatic heterocycles. The van der Waals surface area contributed by atoms with Crippen LogP contribution in [0, 0.1) is 0 Å². The highest BCUT2D eigenvalue weighted by Gasteiger charge is 2.21. The number of urea groups is 1. The molecule has 4 aromatic rings. The minimum Gasteiger partial charge on any atom is -0.454 e. The molecule has 0 unspecified atom stereocenters. The summed E-state index contributed by atoms with van der Waals surface area (Å²) in [6, 6.07) is 11.6. The lowest BCUT2D eigenvalue weighted by atomic mass is 10.1. The van der Waals surface area contributed by atoms with Crippen molar-refractivity contribution in [3.8, 4) is 11.5 Å². The normalized spacial score (nSPS) is 12.1. The molecule has 0 saturated heterocycles. The maximum atomic E-state index is 12.0. The monoisotopic (exact) mass is 597 g/mol. The molecule has 1 aliphatic heterocycles. The van der Waals surface area contributed by atoms with Crippen molar-refractivity contribution in [2.24, 2.45) is 0 Å². The number of hydrogen-bond donors (Lipinski definition) is 3. The van der Waals surface area contributed by atoms with Crippen LogP contribution in [0.4, 0.5) is 16.3 Å². The number of aryl methyl sites for hydroxylation is 2. The van der Waals surface area contributed by atoms with Crippen molar-refractivity contribution >= 4 is 56.4 Å². The molecule has 3 N–H and O–H groups in total. The molecule has 0 aliphatic carbocycles. The summed E-state index contributed by atoms with van der Waals surface area (Å²) in [5, 5.41) is 9.64. The predicted molar refractivity (Wildman–Crippen MR) is 151 cm³/mol. The summed E-state index contributed by atoms with van der Waals surface area (Å²) in [6.07, 6.45) is 4.30. The van der Waals surface area contributed by atoms with Crippen molar-refractivity contribution in [2.75, 3.05) is 31.0 Å². The first-order valence-corrected chi connectivity index (χ1v) is 14.0. The Morgan fingerprint density at radius 1 is 1.16 bits per heavy atom. The number of imidazole rings is 1. The van der Waals surface area contributed by atoms with Crippen molar-refractivity contribution in [3.63, 3.8) is 0 Å². The maximum Gasteiger partial charge on any atom is 0.319 e. The van der Waals surface area contributed by atoms with Crippen LogP contribution < -0.4 is 25.4 Å². The van der Waals surface area contributed by atoms with E-state index in [0.717, 1.165) is 56.4 Å². The van der Waals surface area contributed by atoms with E-state index in [1.807, 2.05) is 43.4 Å². The molecule has 1 aliphatic rings. The number of benzene rings is 2. The Morgan fingerprint density at radius 2 is 1.95 bits per heavy atom. The number of anilines is 2. The molecule has 198 valence electrons. The number of carbonyl (C=O) groups is 1. The Kier molecular flexibility index (Phi) is 8.18. The third-order valence-electron chi connectivity index (χ3n) is 6.01. The average Bonchev–Trinajstić information content (AvgIpc) is 3.52. The van der Waals surface area contributed by atoms with E-state index in [-0.39, 0.29) is 12.8 Å². The lowest BCUT2D eigenvalue weighted by molar-refractivity contribution is 0.174. The largest absolute Gasteiger partial charge is 0.454 e. The molecule has 38 heavy (non-hydrogen) atoms. The Morgan fingerprint density at radius 3 is 2.71 bits per heavy atom. The van der Waals surface area contributed by atoms with E-state index in [2.05, 4.69) is 53.3 Å². The van der Waals surface area contributed by atoms with Crippen LogP contribution in [0.3, 0.4) is 0 Å². The van der Waals surface area contributed by atoms with Gasteiger partial charge in [0.1, 0.15) is 6.33 Å². The number of rotatable bonds is 10. The van der Waals surface area contributed by atoms with Crippen LogP contribution >= 0.6 is 27.7 Å². The molecular formula is C26H28BrN7O3S. The van der Waals surface area contributed by atoms with Crippen LogP contribution in [0.1, 0.15) is 25.3 Å². The van der Waals surface area contributed by atoms with E-state index in [1.54, 1.807) is 6.33 Å². The van der Waals surface area contributed by atoms with E-state index in [9.17, 15) is 4.79 Å². The first-order valence-electron chi connectivity index (χ1n) is 12.4. The molecule has 10 nitrogen and oxygen atoms in total. The highest BCUT2D eigenvalue weighted by molar-refractivity contribution is 9.10. The second-order valence-corrected chi connectivity index (χ2v) is 10.5. The fraction of sp³-hybridized carbons (Fsp3) is 0.308. The standard InChI is InChI=1S/C26H28BrN7O3S/c1-3-4-10-29-25(35)32-17-7-5-16(6-8-17)9-11-34-24-22(23(28-2)30-14-31-24)33-26(34)38-21-13-20-19(12-18(21)27)36-15-37-20/h5-8,12-14H,3-4,9-11,15H2,1-2H3,(H,28,30,31)(H2,29,32,35). The zero-order valence-electron chi connectivity index (χ0n) is 21.1. The topological polar surface area (TPSA) is 115 Å². The van der Waals surface area contributed by atoms with Gasteiger partial charge in [-0.3, -0.25) is 0 Å². The van der Waals surface area contributed by atoms with Gasteiger partial charge in [-0.2, -0.15) is 0 Å². The molecule has 0 radical (unpaired) electrons. The molecule has 2 amide bonds. The van der Waals surface area contributed by atoms with Gasteiger partial charge < -0.3 is 30.0 Å². The SMILES string of the molecule is CCCCNC(=O)Nc1ccc(CCn2c(Sc3cc4c(cc3Br)OCO4)nc3c(NC)ncnc32)cc1. The van der Waals surface area contributed by atoms with Crippen molar-refractivity contribution in [3.05, 3.63) is 52.8 Å². The van der Waals surface area contributed by atoms with Crippen LogP contribution in [-0.4, -0.2) is 45.9 Å². The predicted octanol–water partition coefficient (Wildman–Crippen LogP) is 5.67. The first kappa shape index (κ1) is 26.1. The van der Waals surface area contributed by atoms with E-state index < -0.39 is 0 Å². The summed E-state index contributed by atoms with van der Waals surface area (Å²) < 4.78 is 14.1. The van der Waals surface area contributed by atoms with Crippen LogP contribution in [-0.2, 0) is 13.0 Å². The number of hydrogen-bond acceptors (Lipinski definition) is 8. The smallest absolute Gasteiger partial charge is 0.319 e. The molecule has 0 atom stereocenters. The van der Waals surface area contributed by atoms with Gasteiger partial charge in [0.2, 0.25) is 6.79 Å². The number of carbonyl (C=O) groups excluding carboxylic acids is 1. The molecule has 2 aromatic carbocycles. The minimum absolute atomic E-state index is 0.188. The highest BCUT2D eigenvalue weighted by Crippen LogP contribution is 2.43. The van der Waals surface area contributed by atoms with Crippen molar-refractivity contribution in [1.82, 2.24) is 24.8 Å². The number of halogens is 1. The zero-order valence-corrected chi connectivity index (χ0v) is 23.5. The first-order chi connectivity index (χ1) is 18.6. The number of nitrogens with one attached hydrogen (secondary N) is 3. The highest BCUT2D eigenvalue weighted by atomic mass is 79.9. The Bertz CT molecular complexity index is 1450. The maximum absolute atomic E-state index is 12.0. The lowest BCUT2D eigenvalue weighted by Crippen LogP contribution is -2.29. The van der Waals surface area contributed by atoms with E-state index in [4.69, 9.17) is 14.5 Å². The average molecular weight is 599 g/mol. The quantitative estimate of drug-likeness (QED) is 0.200. The molecule has 0 saturated carbocycles. The fourth-order valence-electron chi connectivity index (χ4n) is 4.00. The van der Waals surface area contributed by atoms with Gasteiger partial charge in [0.05, 0.1) is 0 Å². The third-order valence-corrected chi connectivity index (χ3v) is 7.98. The summed E-state index contributed by atoms with van der Waals surface area (Å²) in [7, 11) is 1.82. The number of nitrogens with zero attached hydrogens (tertiary/aromatic N) is 4. The molecule has 5 rings (SSSR count). The molecule has 0 bridgehead atoms. The molecule has 0 spiro atoms. The van der Waals surface area contributed by atoms with E-state index in [0.29, 0.717) is 30.2 Å². The van der Waals surface area contributed by atoms with E-state index in [1.165, 1.54) is 11.8 Å². The summed E-state index contributed by atoms with van der Waals surface area (Å²) in [4.78, 5) is 26.8. The van der Waals surface area contributed by atoms with Gasteiger partial charge in [-0.15, -0.1) is 0 Å². The number of aromatic nitrogens is 4. The van der Waals surface area contributed by atoms with Gasteiger partial charge in [-0.1, -0.05) is 37.2 Å². The van der Waals surface area contributed by atoms with Crippen molar-refractivity contribution in [2.45, 2.75) is 42.8 Å². The number of ether oxygens (including phenoxy) is 2. The number of amides is 2. The second kappa shape index (κ2) is 11.9. The summed E-state index contributed by atoms with van der Waals surface area (Å²) >= 11 is 5.18. The van der Waals surface area contributed by atoms with Crippen LogP contribution in [0.15, 0.2) is 57.3 Å². The van der Waals surface area contributed by atoms with E-state index >= 15 is 0 Å². The lowest BCUT2D eigenvalue weighted by Gasteiger charge is -2.11. The summed E-state index contributed by atoms with van der Waals surface area (Å²) in [6.45, 7) is 3.63. The van der Waals surface area contributed by atoms with Crippen LogP contribution in [0.2, 0.25) is 0 Å². The third kappa shape index (κ3) is 5.81. The van der Waals surface area contributed by atoms with Crippen LogP contribution in [0.25, 0.3) is 11.2 Å². The number of unbranched alkanes of at least 4 members (excludes halogenated alkanes) is 1. The number of fused-ring (bicyclic) bond motifs is 2. The molecule has 12 heteroatoms. The van der Waals surface area contributed by atoms with Crippen molar-refractivity contribution in [1.29, 1.82) is 0 Å². The Hall–Kier alpha value is -3.51. The fourth-order valence-corrected chi connectivity index (χ4v) is 5.51. The van der Waals surface area contributed by atoms with Gasteiger partial charge in [-0.25, -0.2) is 19.7 Å². The minimum atomic E-state index is -0.188. The molecule has 0 fully saturated rings. The Labute approximate surface area is 233 Å².